The number of hydrogen-bond donors (Lipinski definition) is 2. The number of hydrogen-bond acceptors (Lipinski definition) is 8. The van der Waals surface area contributed by atoms with Gasteiger partial charge in [0, 0.05) is 11.4 Å². The monoisotopic (exact) mass is 416 g/mol. The van der Waals surface area contributed by atoms with Gasteiger partial charge in [-0.3, -0.25) is 9.59 Å². The number of rotatable bonds is 10. The molecule has 0 aliphatic carbocycles. The Morgan fingerprint density at radius 3 is 2.48 bits per heavy atom. The van der Waals surface area contributed by atoms with Crippen molar-refractivity contribution >= 4 is 58.0 Å². The highest BCUT2D eigenvalue weighted by Crippen LogP contribution is 2.28. The molecule has 0 radical (unpaired) electrons. The third-order valence-electron chi connectivity index (χ3n) is 2.96. The van der Waals surface area contributed by atoms with Gasteiger partial charge in [-0.1, -0.05) is 47.9 Å². The summed E-state index contributed by atoms with van der Waals surface area (Å²) in [4.78, 5) is 24.7. The molecule has 2 amide bonds. The molecule has 2 heterocycles. The largest absolute Gasteiger partial charge is 0.355 e. The Bertz CT molecular complexity index is 675. The second kappa shape index (κ2) is 10.8. The molecule has 10 heteroatoms. The van der Waals surface area contributed by atoms with Crippen LogP contribution in [0.2, 0.25) is 0 Å². The highest BCUT2D eigenvalue weighted by molar-refractivity contribution is 8.03. The highest BCUT2D eigenvalue weighted by atomic mass is 32.2. The van der Waals surface area contributed by atoms with Crippen LogP contribution >= 0.6 is 46.2 Å². The molecule has 1 atom stereocenters. The lowest BCUT2D eigenvalue weighted by Gasteiger charge is -2.11. The maximum atomic E-state index is 12.0. The van der Waals surface area contributed by atoms with Crippen molar-refractivity contribution in [3.8, 4) is 0 Å². The maximum Gasteiger partial charge on any atom is 0.230 e. The van der Waals surface area contributed by atoms with Gasteiger partial charge >= 0.3 is 0 Å². The van der Waals surface area contributed by atoms with Crippen LogP contribution in [0.25, 0.3) is 0 Å². The third kappa shape index (κ3) is 7.35. The van der Waals surface area contributed by atoms with Crippen LogP contribution in [0.1, 0.15) is 31.2 Å². The maximum absolute atomic E-state index is 12.0. The topological polar surface area (TPSA) is 84.0 Å². The Kier molecular flexibility index (Phi) is 8.73. The molecule has 0 aliphatic rings. The van der Waals surface area contributed by atoms with Gasteiger partial charge in [-0.15, -0.1) is 21.5 Å². The van der Waals surface area contributed by atoms with E-state index in [1.54, 1.807) is 11.3 Å². The quantitative estimate of drug-likeness (QED) is 0.579. The van der Waals surface area contributed by atoms with Crippen molar-refractivity contribution in [3.63, 3.8) is 0 Å². The zero-order valence-corrected chi connectivity index (χ0v) is 17.2. The predicted molar refractivity (Wildman–Crippen MR) is 106 cm³/mol. The van der Waals surface area contributed by atoms with Crippen LogP contribution in [0.5, 0.6) is 0 Å². The number of thiophene rings is 1. The summed E-state index contributed by atoms with van der Waals surface area (Å²) in [5.41, 5.74) is 0. The van der Waals surface area contributed by atoms with E-state index in [1.807, 2.05) is 31.4 Å². The molecule has 2 rings (SSSR count). The summed E-state index contributed by atoms with van der Waals surface area (Å²) in [6.45, 7) is 4.67. The number of carbonyl (C=O) groups is 2. The number of nitrogens with zero attached hydrogens (tertiary/aromatic N) is 2. The van der Waals surface area contributed by atoms with Crippen molar-refractivity contribution in [2.45, 2.75) is 35.0 Å². The predicted octanol–water partition coefficient (Wildman–Crippen LogP) is 3.19. The van der Waals surface area contributed by atoms with Gasteiger partial charge in [0.15, 0.2) is 8.68 Å². The molecule has 0 fully saturated rings. The SMILES string of the molecule is CCCNC(=O)CSc1nnc(SCC(=O)N[C@@H](C)c2cccs2)s1. The molecular weight excluding hydrogens is 396 g/mol. The molecule has 0 spiro atoms. The molecule has 2 aromatic rings. The van der Waals surface area contributed by atoms with Crippen LogP contribution in [0.3, 0.4) is 0 Å². The van der Waals surface area contributed by atoms with E-state index in [2.05, 4.69) is 20.8 Å². The summed E-state index contributed by atoms with van der Waals surface area (Å²) >= 11 is 5.75. The van der Waals surface area contributed by atoms with Gasteiger partial charge in [-0.25, -0.2) is 0 Å². The molecule has 2 aromatic heterocycles. The first-order valence-electron chi connectivity index (χ1n) is 7.77. The molecule has 25 heavy (non-hydrogen) atoms. The van der Waals surface area contributed by atoms with Gasteiger partial charge in [0.05, 0.1) is 17.5 Å². The van der Waals surface area contributed by atoms with Gasteiger partial charge in [0.1, 0.15) is 0 Å². The average Bonchev–Trinajstić information content (AvgIpc) is 3.27. The summed E-state index contributed by atoms with van der Waals surface area (Å²) in [7, 11) is 0. The minimum absolute atomic E-state index is 0.00167. The van der Waals surface area contributed by atoms with Crippen LogP contribution < -0.4 is 10.6 Å². The van der Waals surface area contributed by atoms with Gasteiger partial charge in [0.25, 0.3) is 0 Å². The lowest BCUT2D eigenvalue weighted by molar-refractivity contribution is -0.119. The minimum Gasteiger partial charge on any atom is -0.355 e. The number of amides is 2. The third-order valence-corrected chi connectivity index (χ3v) is 7.21. The molecule has 136 valence electrons. The summed E-state index contributed by atoms with van der Waals surface area (Å²) < 4.78 is 1.47. The molecule has 0 aromatic carbocycles. The smallest absolute Gasteiger partial charge is 0.230 e. The van der Waals surface area contributed by atoms with Crippen molar-refractivity contribution in [1.82, 2.24) is 20.8 Å². The fourth-order valence-electron chi connectivity index (χ4n) is 1.78. The molecule has 2 N–H and O–H groups in total. The van der Waals surface area contributed by atoms with Crippen LogP contribution in [-0.4, -0.2) is 40.1 Å². The first-order chi connectivity index (χ1) is 12.1. The molecule has 0 saturated heterocycles. The molecular formula is C15H20N4O2S4. The van der Waals surface area contributed by atoms with Crippen molar-refractivity contribution in [2.75, 3.05) is 18.1 Å². The van der Waals surface area contributed by atoms with Gasteiger partial charge in [0.2, 0.25) is 11.8 Å². The van der Waals surface area contributed by atoms with Crippen molar-refractivity contribution in [1.29, 1.82) is 0 Å². The highest BCUT2D eigenvalue weighted by Gasteiger charge is 2.13. The first kappa shape index (κ1) is 20.2. The van der Waals surface area contributed by atoms with Gasteiger partial charge in [-0.05, 0) is 24.8 Å². The Labute approximate surface area is 163 Å². The van der Waals surface area contributed by atoms with Crippen LogP contribution in [0, 0.1) is 0 Å². The van der Waals surface area contributed by atoms with Crippen molar-refractivity contribution < 1.29 is 9.59 Å². The van der Waals surface area contributed by atoms with Crippen LogP contribution in [0.15, 0.2) is 26.2 Å². The molecule has 6 nitrogen and oxygen atoms in total. The van der Waals surface area contributed by atoms with Crippen molar-refractivity contribution in [2.24, 2.45) is 0 Å². The lowest BCUT2D eigenvalue weighted by atomic mass is 10.3. The lowest BCUT2D eigenvalue weighted by Crippen LogP contribution is -2.27. The Hall–Kier alpha value is -1.10. The van der Waals surface area contributed by atoms with Gasteiger partial charge < -0.3 is 10.6 Å². The van der Waals surface area contributed by atoms with E-state index in [-0.39, 0.29) is 17.9 Å². The fraction of sp³-hybridized carbons (Fsp3) is 0.467. The van der Waals surface area contributed by atoms with Crippen LogP contribution in [-0.2, 0) is 9.59 Å². The summed E-state index contributed by atoms with van der Waals surface area (Å²) in [6, 6.07) is 3.99. The molecule has 0 bridgehead atoms. The minimum atomic E-state index is -0.0331. The molecule has 0 aliphatic heterocycles. The van der Waals surface area contributed by atoms with E-state index in [4.69, 9.17) is 0 Å². The summed E-state index contributed by atoms with van der Waals surface area (Å²) in [5, 5.41) is 15.9. The summed E-state index contributed by atoms with van der Waals surface area (Å²) in [5.74, 6) is 0.594. The van der Waals surface area contributed by atoms with E-state index in [1.165, 1.54) is 34.9 Å². The second-order valence-electron chi connectivity index (χ2n) is 5.07. The average molecular weight is 417 g/mol. The zero-order chi connectivity index (χ0) is 18.1. The van der Waals surface area contributed by atoms with E-state index in [9.17, 15) is 9.59 Å². The van der Waals surface area contributed by atoms with Gasteiger partial charge in [-0.2, -0.15) is 0 Å². The Morgan fingerprint density at radius 1 is 1.20 bits per heavy atom. The van der Waals surface area contributed by atoms with E-state index < -0.39 is 0 Å². The standard InChI is InChI=1S/C15H20N4O2S4/c1-3-6-16-12(20)8-23-14-18-19-15(25-14)24-9-13(21)17-10(2)11-5-4-7-22-11/h4-5,7,10H,3,6,8-9H2,1-2H3,(H,16,20)(H,17,21)/t10-/m0/s1. The first-order valence-corrected chi connectivity index (χ1v) is 11.4. The normalized spacial score (nSPS) is 11.9. The Balaban J connectivity index is 1.70. The number of nitrogens with one attached hydrogen (secondary N) is 2. The van der Waals surface area contributed by atoms with E-state index >= 15 is 0 Å². The Morgan fingerprint density at radius 2 is 1.88 bits per heavy atom. The van der Waals surface area contributed by atoms with Crippen LogP contribution in [0.4, 0.5) is 0 Å². The summed E-state index contributed by atoms with van der Waals surface area (Å²) in [6.07, 6.45) is 0.920. The fourth-order valence-corrected chi connectivity index (χ4v) is 5.17. The van der Waals surface area contributed by atoms with E-state index in [0.717, 1.165) is 20.0 Å². The van der Waals surface area contributed by atoms with Crippen molar-refractivity contribution in [3.05, 3.63) is 22.4 Å². The number of aromatic nitrogens is 2. The zero-order valence-electron chi connectivity index (χ0n) is 14.0. The molecule has 0 saturated carbocycles. The second-order valence-corrected chi connectivity index (χ2v) is 9.47. The van der Waals surface area contributed by atoms with E-state index in [0.29, 0.717) is 18.1 Å². The number of carbonyl (C=O) groups excluding carboxylic acids is 2. The number of thioether (sulfide) groups is 2. The molecule has 0 unspecified atom stereocenters.